The van der Waals surface area contributed by atoms with Gasteiger partial charge in [-0.25, -0.2) is 9.55 Å². The highest BCUT2D eigenvalue weighted by molar-refractivity contribution is 7.46. The van der Waals surface area contributed by atoms with Gasteiger partial charge in [0.1, 0.15) is 30.2 Å². The van der Waals surface area contributed by atoms with Crippen LogP contribution in [0.2, 0.25) is 0 Å². The first-order chi connectivity index (χ1) is 29.8. The number of ether oxygens (including phenoxy) is 1. The summed E-state index contributed by atoms with van der Waals surface area (Å²) < 4.78 is 23.8. The second-order valence-electron chi connectivity index (χ2n) is 16.1. The van der Waals surface area contributed by atoms with Crippen LogP contribution in [0.25, 0.3) is 0 Å². The van der Waals surface area contributed by atoms with E-state index in [4.69, 9.17) is 10.5 Å². The molecule has 1 aliphatic heterocycles. The van der Waals surface area contributed by atoms with E-state index in [1.807, 2.05) is 32.0 Å². The summed E-state index contributed by atoms with van der Waals surface area (Å²) in [5.41, 5.74) is 7.11. The molecule has 6 amide bonds. The second kappa shape index (κ2) is 26.0. The summed E-state index contributed by atoms with van der Waals surface area (Å²) in [4.78, 5) is 104. The number of amides is 6. The molecule has 7 atom stereocenters. The van der Waals surface area contributed by atoms with E-state index in [1.54, 1.807) is 17.0 Å². The van der Waals surface area contributed by atoms with Crippen molar-refractivity contribution in [3.8, 4) is 0 Å². The maximum atomic E-state index is 14.2. The van der Waals surface area contributed by atoms with Gasteiger partial charge in [-0.2, -0.15) is 0 Å². The largest absolute Gasteiger partial charge is 0.469 e. The predicted octanol–water partition coefficient (Wildman–Crippen LogP) is 0.772. The molecule has 1 aliphatic rings. The molecule has 0 spiro atoms. The van der Waals surface area contributed by atoms with Crippen molar-refractivity contribution in [1.29, 1.82) is 0 Å². The lowest BCUT2D eigenvalue weighted by Crippen LogP contribution is -2.61. The van der Waals surface area contributed by atoms with E-state index in [0.717, 1.165) is 45.4 Å². The Balaban J connectivity index is 1.79. The number of aromatic nitrogens is 2. The summed E-state index contributed by atoms with van der Waals surface area (Å²) in [6.07, 6.45) is 8.04. The van der Waals surface area contributed by atoms with E-state index < -0.39 is 86.4 Å². The second-order valence-corrected chi connectivity index (χ2v) is 17.3. The molecule has 3 rings (SSSR count). The molecule has 0 radical (unpaired) electrons. The van der Waals surface area contributed by atoms with Gasteiger partial charge in [-0.1, -0.05) is 50.3 Å². The summed E-state index contributed by atoms with van der Waals surface area (Å²) in [7, 11) is -5.12. The highest BCUT2D eigenvalue weighted by Gasteiger charge is 2.41. The number of hydrogen-bond donors (Lipinski definition) is 8. The van der Waals surface area contributed by atoms with E-state index in [-0.39, 0.29) is 37.6 Å². The van der Waals surface area contributed by atoms with Gasteiger partial charge in [0.05, 0.1) is 25.1 Å². The van der Waals surface area contributed by atoms with Crippen molar-refractivity contribution >= 4 is 43.3 Å². The van der Waals surface area contributed by atoms with Crippen molar-refractivity contribution in [2.45, 2.75) is 134 Å². The third kappa shape index (κ3) is 18.0. The van der Waals surface area contributed by atoms with Crippen LogP contribution in [0.1, 0.15) is 83.9 Å². The number of nitrogens with two attached hydrogens (primary N) is 1. The van der Waals surface area contributed by atoms with Gasteiger partial charge in [-0.3, -0.25) is 33.3 Å². The summed E-state index contributed by atoms with van der Waals surface area (Å²) >= 11 is 0. The van der Waals surface area contributed by atoms with Gasteiger partial charge >= 0.3 is 7.82 Å². The number of likely N-dealkylation sites (tertiary alicyclic amines) is 1. The van der Waals surface area contributed by atoms with Crippen LogP contribution in [0.3, 0.4) is 0 Å². The molecule has 7 unspecified atom stereocenters. The van der Waals surface area contributed by atoms with Gasteiger partial charge in [0.25, 0.3) is 0 Å². The van der Waals surface area contributed by atoms with Crippen molar-refractivity contribution in [3.05, 3.63) is 66.8 Å². The lowest BCUT2D eigenvalue weighted by Gasteiger charge is -2.28. The number of phosphoric acid groups is 1. The van der Waals surface area contributed by atoms with Crippen LogP contribution in [-0.4, -0.2) is 127 Å². The van der Waals surface area contributed by atoms with Gasteiger partial charge < -0.3 is 56.1 Å². The van der Waals surface area contributed by atoms with Gasteiger partial charge in [0.2, 0.25) is 35.4 Å². The Labute approximate surface area is 368 Å². The number of benzene rings is 1. The Kier molecular flexibility index (Phi) is 21.6. The van der Waals surface area contributed by atoms with Crippen LogP contribution in [0.5, 0.6) is 0 Å². The zero-order valence-electron chi connectivity index (χ0n) is 36.5. The quantitative estimate of drug-likeness (QED) is 0.0333. The molecule has 9 N–H and O–H groups in total. The maximum absolute atomic E-state index is 14.2. The Morgan fingerprint density at radius 2 is 1.62 bits per heavy atom. The standard InChI is InChI=1S/C42H65N8O12P/c1-6-7-8-13-18-49-26-44-23-31(49)21-34(40(55)47-35(25-51)41(56)48-37(38(43)53)28(4)62-63(58,59)60)45-39(54)33(20-27(2)3)46-42(57)36-22-32(24-50(36)29(5)52)61-19-14-12-17-30-15-10-9-11-16-30/h6,9-11,15-16,23,26-28,32-37,51H,1,7-8,12-14,17-22,24-25H2,2-5H3,(H2,43,53)(H,45,54)(H,46,57)(H,47,55)(H,48,56)(H2,58,59,60). The monoisotopic (exact) mass is 904 g/mol. The molecule has 21 heteroatoms. The fourth-order valence-electron chi connectivity index (χ4n) is 7.21. The lowest BCUT2D eigenvalue weighted by molar-refractivity contribution is -0.139. The number of aliphatic hydroxyl groups excluding tert-OH is 1. The molecule has 0 bridgehead atoms. The number of nitrogens with one attached hydrogen (secondary N) is 4. The van der Waals surface area contributed by atoms with E-state index in [9.17, 15) is 48.2 Å². The van der Waals surface area contributed by atoms with E-state index >= 15 is 0 Å². The normalized spacial score (nSPS) is 17.6. The van der Waals surface area contributed by atoms with Crippen molar-refractivity contribution in [3.63, 3.8) is 0 Å². The Morgan fingerprint density at radius 1 is 0.952 bits per heavy atom. The van der Waals surface area contributed by atoms with Crippen LogP contribution in [0, 0.1) is 5.92 Å². The molecule has 350 valence electrons. The summed E-state index contributed by atoms with van der Waals surface area (Å²) in [6, 6.07) is 3.04. The minimum Gasteiger partial charge on any atom is -0.394 e. The molecule has 20 nitrogen and oxygen atoms in total. The number of hydrogen-bond acceptors (Lipinski definition) is 11. The number of carbonyl (C=O) groups excluding carboxylic acids is 6. The Hall–Kier alpha value is -4.98. The highest BCUT2D eigenvalue weighted by atomic mass is 31.2. The summed E-state index contributed by atoms with van der Waals surface area (Å²) in [5, 5.41) is 20.2. The third-order valence-electron chi connectivity index (χ3n) is 10.5. The molecule has 2 aromatic rings. The molecule has 0 saturated carbocycles. The summed E-state index contributed by atoms with van der Waals surface area (Å²) in [6.45, 7) is 10.0. The molecule has 1 aromatic carbocycles. The molecular weight excluding hydrogens is 839 g/mol. The van der Waals surface area contributed by atoms with Crippen LogP contribution >= 0.6 is 7.82 Å². The molecule has 63 heavy (non-hydrogen) atoms. The van der Waals surface area contributed by atoms with Crippen LogP contribution in [0.4, 0.5) is 0 Å². The Bertz CT molecular complexity index is 1880. The number of carbonyl (C=O) groups is 6. The number of aliphatic hydroxyl groups is 1. The van der Waals surface area contributed by atoms with Gasteiger partial charge in [0.15, 0.2) is 0 Å². The smallest absolute Gasteiger partial charge is 0.394 e. The van der Waals surface area contributed by atoms with Gasteiger partial charge in [0, 0.05) is 51.4 Å². The topological polar surface area (TPSA) is 294 Å². The number of allylic oxidation sites excluding steroid dienone is 1. The fourth-order valence-corrected chi connectivity index (χ4v) is 7.76. The molecule has 0 aliphatic carbocycles. The first-order valence-corrected chi connectivity index (χ1v) is 22.7. The number of primary amides is 1. The minimum atomic E-state index is -5.12. The van der Waals surface area contributed by atoms with E-state index in [1.165, 1.54) is 23.6 Å². The molecule has 2 heterocycles. The summed E-state index contributed by atoms with van der Waals surface area (Å²) in [5.74, 6) is -5.08. The van der Waals surface area contributed by atoms with E-state index in [0.29, 0.717) is 18.8 Å². The van der Waals surface area contributed by atoms with Crippen molar-refractivity contribution in [2.24, 2.45) is 11.7 Å². The van der Waals surface area contributed by atoms with Crippen LogP contribution in [-0.2, 0) is 62.0 Å². The zero-order valence-corrected chi connectivity index (χ0v) is 37.4. The number of nitrogens with zero attached hydrogens (tertiary/aromatic N) is 3. The van der Waals surface area contributed by atoms with Crippen LogP contribution in [0.15, 0.2) is 55.5 Å². The van der Waals surface area contributed by atoms with Gasteiger partial charge in [-0.15, -0.1) is 6.58 Å². The molecular formula is C42H65N8O12P. The first kappa shape index (κ1) is 52.4. The number of imidazole rings is 1. The van der Waals surface area contributed by atoms with Crippen molar-refractivity contribution < 1.29 is 57.5 Å². The number of phosphoric ester groups is 1. The highest BCUT2D eigenvalue weighted by Crippen LogP contribution is 2.38. The lowest BCUT2D eigenvalue weighted by atomic mass is 10.0. The zero-order chi connectivity index (χ0) is 46.7. The SMILES string of the molecule is C=CCCCCn1cncc1CC(NC(=O)C(CC(C)C)NC(=O)C1CC(OCCCCc2ccccc2)CN1C(C)=O)C(=O)NC(CO)C(=O)NC(C(N)=O)C(C)OP(=O)(O)O. The number of aryl methyl sites for hydroxylation is 2. The predicted molar refractivity (Wildman–Crippen MR) is 231 cm³/mol. The van der Waals surface area contributed by atoms with Crippen molar-refractivity contribution in [1.82, 2.24) is 35.7 Å². The average Bonchev–Trinajstić information content (AvgIpc) is 3.86. The van der Waals surface area contributed by atoms with Gasteiger partial charge in [-0.05, 0) is 63.4 Å². The van der Waals surface area contributed by atoms with Crippen LogP contribution < -0.4 is 27.0 Å². The number of rotatable bonds is 28. The molecule has 1 fully saturated rings. The fraction of sp³-hybridized carbons (Fsp3) is 0.595. The van der Waals surface area contributed by atoms with Crippen molar-refractivity contribution in [2.75, 3.05) is 19.8 Å². The average molecular weight is 905 g/mol. The molecule has 1 aromatic heterocycles. The Morgan fingerprint density at radius 3 is 2.24 bits per heavy atom. The first-order valence-electron chi connectivity index (χ1n) is 21.2. The van der Waals surface area contributed by atoms with E-state index in [2.05, 4.69) is 49.5 Å². The third-order valence-corrected chi connectivity index (χ3v) is 11.1. The number of unbranched alkanes of at least 4 members (excludes halogenated alkanes) is 3. The molecule has 1 saturated heterocycles. The maximum Gasteiger partial charge on any atom is 0.469 e. The minimum absolute atomic E-state index is 0.123.